The maximum absolute atomic E-state index is 9.35. The Labute approximate surface area is 130 Å². The molecule has 20 heavy (non-hydrogen) atoms. The van der Waals surface area contributed by atoms with E-state index in [4.69, 9.17) is 11.6 Å². The molecule has 1 aliphatic heterocycles. The number of benzene rings is 1. The third-order valence-corrected chi connectivity index (χ3v) is 6.21. The van der Waals surface area contributed by atoms with E-state index in [2.05, 4.69) is 16.0 Å². The number of allylic oxidation sites excluding steroid dienone is 1. The van der Waals surface area contributed by atoms with Crippen molar-refractivity contribution in [2.45, 2.75) is 5.25 Å². The minimum Gasteiger partial charge on any atom is -0.344 e. The lowest BCUT2D eigenvalue weighted by Crippen LogP contribution is -1.92. The number of nitrogens with one attached hydrogen (secondary N) is 1. The van der Waals surface area contributed by atoms with Crippen molar-refractivity contribution in [2.24, 2.45) is 0 Å². The van der Waals surface area contributed by atoms with Gasteiger partial charge in [-0.2, -0.15) is 5.26 Å². The number of rotatable bonds is 2. The maximum atomic E-state index is 9.35. The Balaban J connectivity index is 1.90. The molecule has 6 heteroatoms. The first kappa shape index (κ1) is 13.6. The molecule has 1 N–H and O–H groups in total. The maximum Gasteiger partial charge on any atom is 0.149 e. The van der Waals surface area contributed by atoms with E-state index in [1.807, 2.05) is 24.3 Å². The van der Waals surface area contributed by atoms with Gasteiger partial charge in [0.05, 0.1) is 4.24 Å². The van der Waals surface area contributed by atoms with Crippen molar-refractivity contribution in [3.05, 3.63) is 57.3 Å². The monoisotopic (exact) mass is 319 g/mol. The molecular weight excluding hydrogens is 310 g/mol. The van der Waals surface area contributed by atoms with Crippen molar-refractivity contribution in [2.75, 3.05) is 5.75 Å². The zero-order valence-corrected chi connectivity index (χ0v) is 12.7. The number of nitriles is 1. The Morgan fingerprint density at radius 2 is 2.30 bits per heavy atom. The molecular formula is C14H10ClN3S2. The molecule has 3 nitrogen and oxygen atoms in total. The van der Waals surface area contributed by atoms with Crippen LogP contribution in [0, 0.1) is 11.3 Å². The van der Waals surface area contributed by atoms with Gasteiger partial charge < -0.3 is 4.98 Å². The average Bonchev–Trinajstić information content (AvgIpc) is 3.12. The number of imidazole rings is 1. The minimum atomic E-state index is 0.280. The van der Waals surface area contributed by atoms with Crippen molar-refractivity contribution in [3.8, 4) is 6.07 Å². The quantitative estimate of drug-likeness (QED) is 0.829. The number of thioether (sulfide) groups is 2. The Hall–Kier alpha value is -1.35. The van der Waals surface area contributed by atoms with Crippen molar-refractivity contribution in [3.63, 3.8) is 0 Å². The van der Waals surface area contributed by atoms with Gasteiger partial charge in [0.25, 0.3) is 0 Å². The number of H-pyrrole nitrogens is 1. The zero-order chi connectivity index (χ0) is 13.9. The molecule has 2 heterocycles. The molecule has 100 valence electrons. The molecule has 0 radical (unpaired) electrons. The molecule has 1 saturated heterocycles. The summed E-state index contributed by atoms with van der Waals surface area (Å²) >= 11 is 9.61. The van der Waals surface area contributed by atoms with E-state index in [1.165, 1.54) is 0 Å². The van der Waals surface area contributed by atoms with Crippen LogP contribution in [0.1, 0.15) is 16.6 Å². The number of aromatic nitrogens is 2. The summed E-state index contributed by atoms with van der Waals surface area (Å²) in [5.41, 5.74) is 1.73. The second-order valence-corrected chi connectivity index (χ2v) is 7.06. The first-order valence-corrected chi connectivity index (χ1v) is 8.22. The summed E-state index contributed by atoms with van der Waals surface area (Å²) in [6.45, 7) is 0. The molecule has 3 rings (SSSR count). The standard InChI is InChI=1S/C14H10ClN3S2/c15-11-4-2-1-3-9(11)12-8-19-14(20-12)10(7-16)13-17-5-6-18-13/h1-6,12H,8H2,(H,17,18)/b14-10+/t12-/m0/s1. The predicted octanol–water partition coefficient (Wildman–Crippen LogP) is 4.48. The molecule has 0 aliphatic carbocycles. The zero-order valence-electron chi connectivity index (χ0n) is 10.3. The lowest BCUT2D eigenvalue weighted by Gasteiger charge is -2.09. The summed E-state index contributed by atoms with van der Waals surface area (Å²) in [5, 5.41) is 10.4. The molecule has 2 aromatic rings. The summed E-state index contributed by atoms with van der Waals surface area (Å²) in [6, 6.07) is 10.1. The van der Waals surface area contributed by atoms with Crippen LogP contribution in [0.5, 0.6) is 0 Å². The Kier molecular flexibility index (Phi) is 4.06. The Morgan fingerprint density at radius 1 is 1.45 bits per heavy atom. The molecule has 0 spiro atoms. The molecule has 1 aromatic heterocycles. The second kappa shape index (κ2) is 5.96. The van der Waals surface area contributed by atoms with E-state index in [1.54, 1.807) is 35.9 Å². The number of hydrogen-bond acceptors (Lipinski definition) is 4. The largest absolute Gasteiger partial charge is 0.344 e. The summed E-state index contributed by atoms with van der Waals surface area (Å²) in [6.07, 6.45) is 3.38. The smallest absolute Gasteiger partial charge is 0.149 e. The van der Waals surface area contributed by atoms with Gasteiger partial charge in [0, 0.05) is 28.4 Å². The third-order valence-electron chi connectivity index (χ3n) is 2.92. The van der Waals surface area contributed by atoms with Crippen LogP contribution in [-0.4, -0.2) is 15.7 Å². The lowest BCUT2D eigenvalue weighted by atomic mass is 10.2. The fourth-order valence-electron chi connectivity index (χ4n) is 1.97. The van der Waals surface area contributed by atoms with Crippen LogP contribution in [0.25, 0.3) is 5.57 Å². The fourth-order valence-corrected chi connectivity index (χ4v) is 5.22. The summed E-state index contributed by atoms with van der Waals surface area (Å²) in [4.78, 5) is 7.15. The van der Waals surface area contributed by atoms with Gasteiger partial charge in [-0.3, -0.25) is 0 Å². The lowest BCUT2D eigenvalue weighted by molar-refractivity contribution is 1.13. The molecule has 0 bridgehead atoms. The van der Waals surface area contributed by atoms with Gasteiger partial charge >= 0.3 is 0 Å². The van der Waals surface area contributed by atoms with Crippen LogP contribution in [0.4, 0.5) is 0 Å². The van der Waals surface area contributed by atoms with E-state index < -0.39 is 0 Å². The average molecular weight is 320 g/mol. The van der Waals surface area contributed by atoms with E-state index >= 15 is 0 Å². The van der Waals surface area contributed by atoms with Crippen molar-refractivity contribution in [1.29, 1.82) is 5.26 Å². The van der Waals surface area contributed by atoms with Gasteiger partial charge in [-0.25, -0.2) is 4.98 Å². The van der Waals surface area contributed by atoms with Gasteiger partial charge in [0.15, 0.2) is 0 Å². The van der Waals surface area contributed by atoms with Crippen molar-refractivity contribution < 1.29 is 0 Å². The van der Waals surface area contributed by atoms with Crippen molar-refractivity contribution >= 4 is 40.7 Å². The van der Waals surface area contributed by atoms with Crippen LogP contribution >= 0.6 is 35.1 Å². The van der Waals surface area contributed by atoms with E-state index in [9.17, 15) is 5.26 Å². The molecule has 0 unspecified atom stereocenters. The first-order valence-electron chi connectivity index (χ1n) is 5.97. The summed E-state index contributed by atoms with van der Waals surface area (Å²) in [7, 11) is 0. The molecule has 1 aromatic carbocycles. The number of halogens is 1. The Bertz CT molecular complexity index is 689. The molecule has 1 fully saturated rings. The van der Waals surface area contributed by atoms with Crippen LogP contribution in [0.15, 0.2) is 40.9 Å². The predicted molar refractivity (Wildman–Crippen MR) is 85.4 cm³/mol. The van der Waals surface area contributed by atoms with Gasteiger partial charge in [-0.1, -0.05) is 29.8 Å². The van der Waals surface area contributed by atoms with Gasteiger partial charge in [0.1, 0.15) is 17.5 Å². The van der Waals surface area contributed by atoms with Gasteiger partial charge in [-0.15, -0.1) is 23.5 Å². The highest BCUT2D eigenvalue weighted by Gasteiger charge is 2.27. The fraction of sp³-hybridized carbons (Fsp3) is 0.143. The van der Waals surface area contributed by atoms with E-state index in [0.717, 1.165) is 20.6 Å². The normalized spacial score (nSPS) is 20.7. The number of hydrogen-bond donors (Lipinski definition) is 1. The van der Waals surface area contributed by atoms with Crippen molar-refractivity contribution in [1.82, 2.24) is 9.97 Å². The molecule has 0 amide bonds. The molecule has 1 atom stereocenters. The van der Waals surface area contributed by atoms with Crippen LogP contribution < -0.4 is 0 Å². The van der Waals surface area contributed by atoms with Crippen LogP contribution in [0.3, 0.4) is 0 Å². The summed E-state index contributed by atoms with van der Waals surface area (Å²) < 4.78 is 1.01. The SMILES string of the molecule is N#C/C(=C1/SC[C@@H](c2ccccc2Cl)S1)c1ncc[nH]1. The minimum absolute atomic E-state index is 0.280. The van der Waals surface area contributed by atoms with Crippen LogP contribution in [0.2, 0.25) is 5.02 Å². The first-order chi connectivity index (χ1) is 9.79. The second-order valence-electron chi connectivity index (χ2n) is 4.15. The topological polar surface area (TPSA) is 52.5 Å². The highest BCUT2D eigenvalue weighted by Crippen LogP contribution is 2.53. The number of aromatic amines is 1. The number of nitrogens with zero attached hydrogens (tertiary/aromatic N) is 2. The van der Waals surface area contributed by atoms with E-state index in [0.29, 0.717) is 11.4 Å². The molecule has 1 aliphatic rings. The summed E-state index contributed by atoms with van der Waals surface area (Å²) in [5.74, 6) is 1.54. The Morgan fingerprint density at radius 3 is 3.00 bits per heavy atom. The van der Waals surface area contributed by atoms with Gasteiger partial charge in [0.2, 0.25) is 0 Å². The highest BCUT2D eigenvalue weighted by atomic mass is 35.5. The third kappa shape index (κ3) is 2.59. The van der Waals surface area contributed by atoms with Gasteiger partial charge in [-0.05, 0) is 11.6 Å². The molecule has 0 saturated carbocycles. The highest BCUT2D eigenvalue weighted by molar-refractivity contribution is 8.25. The van der Waals surface area contributed by atoms with E-state index in [-0.39, 0.29) is 5.25 Å². The van der Waals surface area contributed by atoms with Crippen LogP contribution in [-0.2, 0) is 0 Å².